The van der Waals surface area contributed by atoms with Crippen LogP contribution in [0.4, 0.5) is 5.69 Å². The number of thiocarbonyl (C=S) groups is 1. The Hall–Kier alpha value is -1.69. The monoisotopic (exact) mass is 292 g/mol. The molecular weight excluding hydrogens is 272 g/mol. The van der Waals surface area contributed by atoms with Gasteiger partial charge in [-0.15, -0.1) is 0 Å². The summed E-state index contributed by atoms with van der Waals surface area (Å²) in [6, 6.07) is 4.30. The third-order valence-corrected chi connectivity index (χ3v) is 3.44. The largest absolute Gasteiger partial charge is 0.393 e. The Bertz CT molecular complexity index is 502. The number of hydrogen-bond donors (Lipinski definition) is 2. The number of amides is 1. The van der Waals surface area contributed by atoms with Gasteiger partial charge in [0.05, 0.1) is 4.99 Å². The Kier molecular flexibility index (Phi) is 4.89. The molecule has 5 nitrogen and oxygen atoms in total. The smallest absolute Gasteiger partial charge is 0.269 e. The average Bonchev–Trinajstić information content (AvgIpc) is 3.24. The molecule has 1 amide bonds. The number of nitrogens with zero attached hydrogens (tertiary/aromatic N) is 2. The molecule has 0 aromatic carbocycles. The number of carbonyl (C=O) groups excluding carboxylic acids is 1. The summed E-state index contributed by atoms with van der Waals surface area (Å²) in [6.45, 7) is 3.28. The van der Waals surface area contributed by atoms with Gasteiger partial charge >= 0.3 is 0 Å². The molecule has 20 heavy (non-hydrogen) atoms. The lowest BCUT2D eigenvalue weighted by molar-refractivity contribution is 0.0951. The van der Waals surface area contributed by atoms with Crippen molar-refractivity contribution in [2.45, 2.75) is 32.2 Å². The number of nitrogens with two attached hydrogens (primary N) is 1. The first-order valence-corrected chi connectivity index (χ1v) is 7.32. The lowest BCUT2D eigenvalue weighted by Gasteiger charge is -2.24. The molecule has 1 aromatic rings. The average molecular weight is 292 g/mol. The van der Waals surface area contributed by atoms with Gasteiger partial charge in [-0.25, -0.2) is 0 Å². The van der Waals surface area contributed by atoms with Gasteiger partial charge in [-0.3, -0.25) is 9.78 Å². The molecule has 0 unspecified atom stereocenters. The highest BCUT2D eigenvalue weighted by molar-refractivity contribution is 7.80. The molecule has 2 rings (SSSR count). The van der Waals surface area contributed by atoms with Gasteiger partial charge in [0.15, 0.2) is 0 Å². The van der Waals surface area contributed by atoms with E-state index in [0.29, 0.717) is 29.7 Å². The second kappa shape index (κ2) is 6.65. The molecule has 0 aliphatic heterocycles. The first-order chi connectivity index (χ1) is 9.61. The molecule has 1 saturated carbocycles. The fourth-order valence-electron chi connectivity index (χ4n) is 2.11. The van der Waals surface area contributed by atoms with E-state index in [1.165, 1.54) is 12.8 Å². The molecule has 108 valence electrons. The lowest BCUT2D eigenvalue weighted by Crippen LogP contribution is -2.30. The second-order valence-corrected chi connectivity index (χ2v) is 5.42. The molecule has 0 saturated heterocycles. The van der Waals surface area contributed by atoms with Crippen molar-refractivity contribution < 1.29 is 4.79 Å². The fraction of sp³-hybridized carbons (Fsp3) is 0.500. The fourth-order valence-corrected chi connectivity index (χ4v) is 2.20. The zero-order valence-electron chi connectivity index (χ0n) is 11.6. The number of rotatable bonds is 7. The molecular formula is C14H20N4OS. The Labute approximate surface area is 124 Å². The van der Waals surface area contributed by atoms with Crippen molar-refractivity contribution >= 4 is 28.8 Å². The Balaban J connectivity index is 2.14. The van der Waals surface area contributed by atoms with E-state index in [0.717, 1.165) is 12.2 Å². The molecule has 0 radical (unpaired) electrons. The van der Waals surface area contributed by atoms with Crippen LogP contribution in [0.1, 0.15) is 36.7 Å². The summed E-state index contributed by atoms with van der Waals surface area (Å²) < 4.78 is 0. The van der Waals surface area contributed by atoms with Gasteiger partial charge in [-0.05, 0) is 31.9 Å². The second-order valence-electron chi connectivity index (χ2n) is 4.90. The highest BCUT2D eigenvalue weighted by atomic mass is 32.1. The van der Waals surface area contributed by atoms with Crippen molar-refractivity contribution in [1.29, 1.82) is 0 Å². The highest BCUT2D eigenvalue weighted by Gasteiger charge is 2.29. The molecule has 0 bridgehead atoms. The SMILES string of the molecule is CCNC(=O)c1cc(N(CCC(N)=S)C2CC2)ccn1. The summed E-state index contributed by atoms with van der Waals surface area (Å²) in [5.74, 6) is -0.139. The minimum Gasteiger partial charge on any atom is -0.393 e. The summed E-state index contributed by atoms with van der Waals surface area (Å²) in [5, 5.41) is 2.76. The molecule has 3 N–H and O–H groups in total. The van der Waals surface area contributed by atoms with Crippen molar-refractivity contribution in [2.75, 3.05) is 18.0 Å². The maximum atomic E-state index is 11.8. The summed E-state index contributed by atoms with van der Waals surface area (Å²) in [5.41, 5.74) is 7.05. The number of carbonyl (C=O) groups is 1. The van der Waals surface area contributed by atoms with Gasteiger partial charge in [-0.1, -0.05) is 12.2 Å². The predicted molar refractivity (Wildman–Crippen MR) is 84.0 cm³/mol. The van der Waals surface area contributed by atoms with E-state index >= 15 is 0 Å². The Morgan fingerprint density at radius 3 is 2.95 bits per heavy atom. The van der Waals surface area contributed by atoms with Gasteiger partial charge in [0.2, 0.25) is 0 Å². The lowest BCUT2D eigenvalue weighted by atomic mass is 10.2. The minimum atomic E-state index is -0.139. The molecule has 0 spiro atoms. The van der Waals surface area contributed by atoms with Crippen LogP contribution in [0.5, 0.6) is 0 Å². The van der Waals surface area contributed by atoms with E-state index in [-0.39, 0.29) is 5.91 Å². The zero-order chi connectivity index (χ0) is 14.5. The van der Waals surface area contributed by atoms with Gasteiger partial charge in [0.25, 0.3) is 5.91 Å². The zero-order valence-corrected chi connectivity index (χ0v) is 12.4. The quantitative estimate of drug-likeness (QED) is 0.745. The summed E-state index contributed by atoms with van der Waals surface area (Å²) in [7, 11) is 0. The van der Waals surface area contributed by atoms with Crippen LogP contribution in [0.3, 0.4) is 0 Å². The van der Waals surface area contributed by atoms with Crippen molar-refractivity contribution in [3.8, 4) is 0 Å². The minimum absolute atomic E-state index is 0.139. The number of hydrogen-bond acceptors (Lipinski definition) is 4. The molecule has 0 atom stereocenters. The molecule has 1 aliphatic rings. The normalized spacial score (nSPS) is 13.8. The van der Waals surface area contributed by atoms with Crippen LogP contribution >= 0.6 is 12.2 Å². The maximum absolute atomic E-state index is 11.8. The van der Waals surface area contributed by atoms with Crippen molar-refractivity contribution in [1.82, 2.24) is 10.3 Å². The number of pyridine rings is 1. The van der Waals surface area contributed by atoms with E-state index in [1.54, 1.807) is 6.20 Å². The van der Waals surface area contributed by atoms with Gasteiger partial charge in [0, 0.05) is 37.4 Å². The van der Waals surface area contributed by atoms with E-state index < -0.39 is 0 Å². The standard InChI is InChI=1S/C14H20N4OS/c1-2-16-14(19)12-9-11(5-7-17-12)18(10-3-4-10)8-6-13(15)20/h5,7,9-10H,2-4,6,8H2,1H3,(H2,15,20)(H,16,19). The summed E-state index contributed by atoms with van der Waals surface area (Å²) in [6.07, 6.45) is 4.72. The Morgan fingerprint density at radius 1 is 1.60 bits per heavy atom. The summed E-state index contributed by atoms with van der Waals surface area (Å²) >= 11 is 4.95. The van der Waals surface area contributed by atoms with Crippen molar-refractivity contribution in [3.63, 3.8) is 0 Å². The Morgan fingerprint density at radius 2 is 2.35 bits per heavy atom. The number of nitrogens with one attached hydrogen (secondary N) is 1. The van der Waals surface area contributed by atoms with Gasteiger partial charge in [0.1, 0.15) is 5.69 Å². The maximum Gasteiger partial charge on any atom is 0.269 e. The van der Waals surface area contributed by atoms with Crippen LogP contribution in [0.15, 0.2) is 18.3 Å². The molecule has 1 heterocycles. The highest BCUT2D eigenvalue weighted by Crippen LogP contribution is 2.31. The van der Waals surface area contributed by atoms with Crippen LogP contribution in [0.2, 0.25) is 0 Å². The third kappa shape index (κ3) is 3.90. The van der Waals surface area contributed by atoms with Crippen molar-refractivity contribution in [3.05, 3.63) is 24.0 Å². The molecule has 1 fully saturated rings. The summed E-state index contributed by atoms with van der Waals surface area (Å²) in [4.78, 5) is 18.8. The van der Waals surface area contributed by atoms with E-state index in [9.17, 15) is 4.79 Å². The van der Waals surface area contributed by atoms with Gasteiger partial charge in [-0.2, -0.15) is 0 Å². The van der Waals surface area contributed by atoms with Crippen LogP contribution in [-0.4, -0.2) is 35.0 Å². The van der Waals surface area contributed by atoms with Crippen LogP contribution in [0.25, 0.3) is 0 Å². The van der Waals surface area contributed by atoms with Crippen molar-refractivity contribution in [2.24, 2.45) is 5.73 Å². The first kappa shape index (κ1) is 14.7. The predicted octanol–water partition coefficient (Wildman–Crippen LogP) is 1.48. The first-order valence-electron chi connectivity index (χ1n) is 6.91. The molecule has 6 heteroatoms. The van der Waals surface area contributed by atoms with E-state index in [4.69, 9.17) is 18.0 Å². The van der Waals surface area contributed by atoms with Gasteiger partial charge < -0.3 is 16.0 Å². The molecule has 1 aromatic heterocycles. The van der Waals surface area contributed by atoms with E-state index in [1.807, 2.05) is 19.1 Å². The molecule has 1 aliphatic carbocycles. The van der Waals surface area contributed by atoms with Crippen LogP contribution < -0.4 is 16.0 Å². The number of anilines is 1. The van der Waals surface area contributed by atoms with Crippen LogP contribution in [0, 0.1) is 0 Å². The third-order valence-electron chi connectivity index (χ3n) is 3.23. The van der Waals surface area contributed by atoms with E-state index in [2.05, 4.69) is 15.2 Å². The van der Waals surface area contributed by atoms with Crippen LogP contribution in [-0.2, 0) is 0 Å². The number of aromatic nitrogens is 1. The topological polar surface area (TPSA) is 71.2 Å².